The Balaban J connectivity index is 0.00000261. The zero-order valence-electron chi connectivity index (χ0n) is 14.8. The quantitative estimate of drug-likeness (QED) is 0.715. The maximum absolute atomic E-state index is 12.6. The average molecular weight is 414 g/mol. The molecule has 4 N–H and O–H groups in total. The number of nitrogens with zero attached hydrogens (tertiary/aromatic N) is 3. The minimum absolute atomic E-state index is 0. The third kappa shape index (κ3) is 5.07. The second-order valence-electron chi connectivity index (χ2n) is 6.55. The molecule has 1 fully saturated rings. The van der Waals surface area contributed by atoms with Crippen LogP contribution in [-0.2, 0) is 21.4 Å². The molecule has 0 aliphatic carbocycles. The molecule has 1 amide bonds. The Morgan fingerprint density at radius 2 is 1.93 bits per heavy atom. The Morgan fingerprint density at radius 1 is 1.22 bits per heavy atom. The van der Waals surface area contributed by atoms with E-state index in [-0.39, 0.29) is 41.5 Å². The van der Waals surface area contributed by atoms with Gasteiger partial charge in [-0.2, -0.15) is 5.10 Å². The molecule has 1 aliphatic heterocycles. The molecule has 0 spiro atoms. The normalized spacial score (nSPS) is 19.7. The van der Waals surface area contributed by atoms with E-state index < -0.39 is 10.0 Å². The molecule has 2 aromatic rings. The summed E-state index contributed by atoms with van der Waals surface area (Å²) in [6, 6.07) is 10.1. The lowest BCUT2D eigenvalue weighted by molar-refractivity contribution is -0.130. The highest BCUT2D eigenvalue weighted by Gasteiger charge is 2.34. The van der Waals surface area contributed by atoms with Gasteiger partial charge in [-0.3, -0.25) is 9.48 Å². The van der Waals surface area contributed by atoms with Crippen molar-refractivity contribution >= 4 is 28.3 Å². The van der Waals surface area contributed by atoms with Crippen molar-refractivity contribution in [3.63, 3.8) is 0 Å². The fourth-order valence-electron chi connectivity index (χ4n) is 3.37. The van der Waals surface area contributed by atoms with Crippen LogP contribution in [0.1, 0.15) is 17.9 Å². The van der Waals surface area contributed by atoms with Crippen LogP contribution in [0.4, 0.5) is 0 Å². The first-order valence-corrected chi connectivity index (χ1v) is 10.0. The minimum atomic E-state index is -3.78. The van der Waals surface area contributed by atoms with E-state index in [1.54, 1.807) is 0 Å². The van der Waals surface area contributed by atoms with E-state index in [1.807, 2.05) is 23.1 Å². The molecule has 1 aliphatic rings. The van der Waals surface area contributed by atoms with Crippen LogP contribution in [0.25, 0.3) is 0 Å². The Kier molecular flexibility index (Phi) is 6.99. The summed E-state index contributed by atoms with van der Waals surface area (Å²) in [5, 5.41) is 9.00. The van der Waals surface area contributed by atoms with Gasteiger partial charge >= 0.3 is 0 Å². The molecule has 1 saturated heterocycles. The zero-order valence-corrected chi connectivity index (χ0v) is 16.4. The number of amides is 1. The van der Waals surface area contributed by atoms with Gasteiger partial charge in [0.2, 0.25) is 15.9 Å². The first-order valence-electron chi connectivity index (χ1n) is 8.46. The Morgan fingerprint density at radius 3 is 2.52 bits per heavy atom. The van der Waals surface area contributed by atoms with Crippen molar-refractivity contribution in [1.82, 2.24) is 14.7 Å². The number of rotatable bonds is 6. The first-order chi connectivity index (χ1) is 12.4. The summed E-state index contributed by atoms with van der Waals surface area (Å²) in [6.07, 6.45) is 2.76. The zero-order chi connectivity index (χ0) is 18.7. The third-order valence-electron chi connectivity index (χ3n) is 4.82. The number of aromatic nitrogens is 2. The van der Waals surface area contributed by atoms with Gasteiger partial charge in [-0.1, -0.05) is 30.3 Å². The molecule has 1 aromatic heterocycles. The fraction of sp³-hybridized carbons (Fsp3) is 0.412. The maximum atomic E-state index is 12.6. The number of carbonyl (C=O) groups excluding carboxylic acids is 1. The van der Waals surface area contributed by atoms with Crippen LogP contribution in [0, 0.1) is 5.92 Å². The van der Waals surface area contributed by atoms with E-state index in [2.05, 4.69) is 17.2 Å². The van der Waals surface area contributed by atoms with Gasteiger partial charge in [0.1, 0.15) is 4.90 Å². The van der Waals surface area contributed by atoms with Gasteiger partial charge in [-0.25, -0.2) is 13.6 Å². The summed E-state index contributed by atoms with van der Waals surface area (Å²) >= 11 is 0. The van der Waals surface area contributed by atoms with Gasteiger partial charge in [0.15, 0.2) is 0 Å². The van der Waals surface area contributed by atoms with E-state index >= 15 is 0 Å². The number of hydrogen-bond acceptors (Lipinski definition) is 5. The van der Waals surface area contributed by atoms with Crippen LogP contribution in [-0.4, -0.2) is 48.6 Å². The van der Waals surface area contributed by atoms with E-state index in [1.165, 1.54) is 22.6 Å². The molecular weight excluding hydrogens is 390 g/mol. The maximum Gasteiger partial charge on any atom is 0.241 e. The van der Waals surface area contributed by atoms with Gasteiger partial charge < -0.3 is 10.6 Å². The van der Waals surface area contributed by atoms with Gasteiger partial charge in [-0.15, -0.1) is 12.4 Å². The highest BCUT2D eigenvalue weighted by atomic mass is 35.5. The van der Waals surface area contributed by atoms with Crippen molar-refractivity contribution in [2.75, 3.05) is 19.6 Å². The van der Waals surface area contributed by atoms with Crippen LogP contribution in [0.5, 0.6) is 0 Å². The predicted octanol–water partition coefficient (Wildman–Crippen LogP) is 0.543. The molecule has 1 aromatic carbocycles. The number of sulfonamides is 1. The highest BCUT2D eigenvalue weighted by Crippen LogP contribution is 2.32. The minimum Gasteiger partial charge on any atom is -0.342 e. The van der Waals surface area contributed by atoms with Crippen LogP contribution in [0.15, 0.2) is 47.6 Å². The monoisotopic (exact) mass is 413 g/mol. The Bertz CT molecular complexity index is 872. The van der Waals surface area contributed by atoms with Gasteiger partial charge in [0.25, 0.3) is 0 Å². The topological polar surface area (TPSA) is 124 Å². The van der Waals surface area contributed by atoms with Crippen molar-refractivity contribution in [2.24, 2.45) is 16.8 Å². The number of halogens is 1. The number of hydrogen-bond donors (Lipinski definition) is 2. The standard InChI is InChI=1S/C17H23N5O3S.ClH/c18-8-14-10-21(12-16(14)13-4-2-1-3-5-13)17(23)6-7-22-11-15(9-20-22)26(19,24)25;/h1-5,9,11,14,16H,6-8,10,12,18H2,(H2,19,24,25);1H/t14-,16+;/m1./s1. The molecule has 0 unspecified atom stereocenters. The predicted molar refractivity (Wildman–Crippen MR) is 104 cm³/mol. The number of carbonyl (C=O) groups is 1. The number of benzene rings is 1. The van der Waals surface area contributed by atoms with Crippen LogP contribution in [0.2, 0.25) is 0 Å². The molecular formula is C17H24ClN5O3S. The summed E-state index contributed by atoms with van der Waals surface area (Å²) in [6.45, 7) is 2.11. The molecule has 0 radical (unpaired) electrons. The molecule has 2 atom stereocenters. The molecule has 0 saturated carbocycles. The first kappa shape index (κ1) is 21.4. The lowest BCUT2D eigenvalue weighted by atomic mass is 9.89. The van der Waals surface area contributed by atoms with Crippen molar-refractivity contribution in [1.29, 1.82) is 0 Å². The number of likely N-dealkylation sites (tertiary alicyclic amines) is 1. The highest BCUT2D eigenvalue weighted by molar-refractivity contribution is 7.89. The van der Waals surface area contributed by atoms with E-state index in [4.69, 9.17) is 10.9 Å². The second-order valence-corrected chi connectivity index (χ2v) is 8.11. The number of aryl methyl sites for hydroxylation is 1. The van der Waals surface area contributed by atoms with Crippen molar-refractivity contribution < 1.29 is 13.2 Å². The molecule has 148 valence electrons. The summed E-state index contributed by atoms with van der Waals surface area (Å²) in [5.41, 5.74) is 7.11. The van der Waals surface area contributed by atoms with E-state index in [0.717, 1.165) is 0 Å². The second kappa shape index (κ2) is 8.83. The van der Waals surface area contributed by atoms with Gasteiger partial charge in [0.05, 0.1) is 6.20 Å². The summed E-state index contributed by atoms with van der Waals surface area (Å²) < 4.78 is 24.0. The smallest absolute Gasteiger partial charge is 0.241 e. The molecule has 27 heavy (non-hydrogen) atoms. The summed E-state index contributed by atoms with van der Waals surface area (Å²) in [5.74, 6) is 0.485. The van der Waals surface area contributed by atoms with Gasteiger partial charge in [-0.05, 0) is 18.0 Å². The molecule has 0 bridgehead atoms. The molecule has 2 heterocycles. The fourth-order valence-corrected chi connectivity index (χ4v) is 3.84. The van der Waals surface area contributed by atoms with Gasteiger partial charge in [0, 0.05) is 38.2 Å². The summed E-state index contributed by atoms with van der Waals surface area (Å²) in [7, 11) is -3.78. The largest absolute Gasteiger partial charge is 0.342 e. The SMILES string of the molecule is Cl.NC[C@@H]1CN(C(=O)CCn2cc(S(N)(=O)=O)cn2)C[C@H]1c1ccccc1. The third-order valence-corrected chi connectivity index (χ3v) is 5.68. The summed E-state index contributed by atoms with van der Waals surface area (Å²) in [4.78, 5) is 14.3. The molecule has 10 heteroatoms. The molecule has 8 nitrogen and oxygen atoms in total. The number of primary sulfonamides is 1. The van der Waals surface area contributed by atoms with Crippen LogP contribution >= 0.6 is 12.4 Å². The average Bonchev–Trinajstić information content (AvgIpc) is 3.27. The Labute approximate surface area is 165 Å². The lowest BCUT2D eigenvalue weighted by Gasteiger charge is -2.17. The lowest BCUT2D eigenvalue weighted by Crippen LogP contribution is -2.30. The van der Waals surface area contributed by atoms with Crippen molar-refractivity contribution in [3.05, 3.63) is 48.3 Å². The van der Waals surface area contributed by atoms with Crippen LogP contribution in [0.3, 0.4) is 0 Å². The van der Waals surface area contributed by atoms with Crippen LogP contribution < -0.4 is 10.9 Å². The van der Waals surface area contributed by atoms with E-state index in [9.17, 15) is 13.2 Å². The van der Waals surface area contributed by atoms with Crippen molar-refractivity contribution in [2.45, 2.75) is 23.8 Å². The molecule has 3 rings (SSSR count). The number of nitrogens with two attached hydrogens (primary N) is 2. The van der Waals surface area contributed by atoms with Crippen molar-refractivity contribution in [3.8, 4) is 0 Å². The Hall–Kier alpha value is -1.94. The van der Waals surface area contributed by atoms with E-state index in [0.29, 0.717) is 26.2 Å².